The van der Waals surface area contributed by atoms with Crippen molar-refractivity contribution in [2.75, 3.05) is 0 Å². The number of hydrogen-bond donors (Lipinski definition) is 4. The Balaban J connectivity index is -0.0000000250. The van der Waals surface area contributed by atoms with Gasteiger partial charge in [0.15, 0.2) is 0 Å². The fourth-order valence-electron chi connectivity index (χ4n) is 0. The molecule has 0 heterocycles. The fraction of sp³-hybridized carbons (Fsp3) is 0.938. The zero-order chi connectivity index (χ0) is 17.7. The van der Waals surface area contributed by atoms with Gasteiger partial charge in [-0.3, -0.25) is 0 Å². The summed E-state index contributed by atoms with van der Waals surface area (Å²) in [6.45, 7) is 19.5. The number of aliphatic hydroxyl groups is 4. The predicted molar refractivity (Wildman–Crippen MR) is 89.7 cm³/mol. The smallest absolute Gasteiger partial charge is 0.394 e. The van der Waals surface area contributed by atoms with Crippen LogP contribution in [0.2, 0.25) is 0 Å². The van der Waals surface area contributed by atoms with Gasteiger partial charge in [0.2, 0.25) is 0 Å². The molecule has 0 unspecified atom stereocenters. The second-order valence-electron chi connectivity index (χ2n) is 5.23. The molecule has 0 amide bonds. The minimum Gasteiger partial charge on any atom is -0.394 e. The Labute approximate surface area is 167 Å². The Morgan fingerprint density at radius 1 is 0.636 bits per heavy atom. The normalized spacial score (nSPS) is 7.91. The van der Waals surface area contributed by atoms with E-state index >= 15 is 0 Å². The van der Waals surface area contributed by atoms with Gasteiger partial charge in [0.1, 0.15) is 0 Å². The van der Waals surface area contributed by atoms with Crippen molar-refractivity contribution in [3.8, 4) is 0 Å². The third kappa shape index (κ3) is 1860. The first-order valence-electron chi connectivity index (χ1n) is 7.36. The second kappa shape index (κ2) is 43.2. The summed E-state index contributed by atoms with van der Waals surface area (Å²) < 4.78 is 0. The van der Waals surface area contributed by atoms with E-state index in [4.69, 9.17) is 20.4 Å². The van der Waals surface area contributed by atoms with E-state index in [0.717, 1.165) is 6.42 Å². The summed E-state index contributed by atoms with van der Waals surface area (Å²) in [6, 6.07) is 0. The molecule has 0 aromatic carbocycles. The van der Waals surface area contributed by atoms with Gasteiger partial charge >= 0.3 is 18.9 Å². The van der Waals surface area contributed by atoms with E-state index in [1.165, 1.54) is 6.42 Å². The van der Waals surface area contributed by atoms with Crippen molar-refractivity contribution >= 4 is 0 Å². The molecule has 0 atom stereocenters. The monoisotopic (exact) mass is 352 g/mol. The van der Waals surface area contributed by atoms with Crippen molar-refractivity contribution in [3.63, 3.8) is 0 Å². The van der Waals surface area contributed by atoms with Crippen LogP contribution < -0.4 is 18.9 Å². The number of unbranched alkanes of at least 4 members (excludes halogenated alkanes) is 1. The van der Waals surface area contributed by atoms with Crippen LogP contribution in [-0.4, -0.2) is 44.8 Å². The molecule has 0 saturated carbocycles. The number of hydrogen-bond acceptors (Lipinski definition) is 4. The average Bonchev–Trinajstić information content (AvgIpc) is 2.13. The van der Waals surface area contributed by atoms with Crippen LogP contribution in [0.3, 0.4) is 0 Å². The van der Waals surface area contributed by atoms with E-state index in [-0.39, 0.29) is 65.0 Å². The van der Waals surface area contributed by atoms with Crippen LogP contribution in [0, 0.1) is 6.92 Å². The topological polar surface area (TPSA) is 80.9 Å². The molecule has 22 heavy (non-hydrogen) atoms. The first-order valence-corrected chi connectivity index (χ1v) is 7.36. The third-order valence-corrected chi connectivity index (χ3v) is 0.354. The van der Waals surface area contributed by atoms with Crippen LogP contribution in [0.1, 0.15) is 75.2 Å². The molecule has 0 aliphatic heterocycles. The Morgan fingerprint density at radius 3 is 0.682 bits per heavy atom. The van der Waals surface area contributed by atoms with E-state index in [1.54, 1.807) is 55.4 Å². The molecule has 0 rings (SSSR count). The van der Waals surface area contributed by atoms with Gasteiger partial charge in [-0.1, -0.05) is 13.3 Å². The summed E-state index contributed by atoms with van der Waals surface area (Å²) in [6.07, 6.45) is 1.61. The van der Waals surface area contributed by atoms with E-state index < -0.39 is 0 Å². The SMILES string of the molecule is CC(C)O.CC(C)O.CC(C)O.CC(C)O.[CH2-]CCC.[Li+].[Ti]. The maximum Gasteiger partial charge on any atom is 1.00 e. The molecular weight excluding hydrogens is 311 g/mol. The summed E-state index contributed by atoms with van der Waals surface area (Å²) in [5.41, 5.74) is 0. The largest absolute Gasteiger partial charge is 1.00 e. The first kappa shape index (κ1) is 43.5. The van der Waals surface area contributed by atoms with E-state index in [1.807, 2.05) is 0 Å². The third-order valence-electron chi connectivity index (χ3n) is 0.354. The van der Waals surface area contributed by atoms with Gasteiger partial charge in [-0.15, -0.1) is 0 Å². The molecule has 4 nitrogen and oxygen atoms in total. The van der Waals surface area contributed by atoms with Gasteiger partial charge in [0.05, 0.1) is 0 Å². The Kier molecular flexibility index (Phi) is 85.5. The Morgan fingerprint density at radius 2 is 0.682 bits per heavy atom. The van der Waals surface area contributed by atoms with Crippen molar-refractivity contribution in [1.82, 2.24) is 0 Å². The molecule has 0 aromatic rings. The molecule has 0 fully saturated rings. The van der Waals surface area contributed by atoms with Crippen LogP contribution in [-0.2, 0) is 21.7 Å². The second-order valence-corrected chi connectivity index (χ2v) is 5.23. The van der Waals surface area contributed by atoms with Gasteiger partial charge in [-0.2, -0.15) is 6.42 Å². The Bertz CT molecular complexity index is 87.7. The average molecular weight is 352 g/mol. The number of aliphatic hydroxyl groups excluding tert-OH is 4. The predicted octanol–water partition coefficient (Wildman–Crippen LogP) is 0.170. The zero-order valence-corrected chi connectivity index (χ0v) is 18.3. The zero-order valence-electron chi connectivity index (χ0n) is 16.7. The molecule has 0 spiro atoms. The molecule has 0 radical (unpaired) electrons. The fourth-order valence-corrected chi connectivity index (χ4v) is 0. The van der Waals surface area contributed by atoms with Crippen LogP contribution >= 0.6 is 0 Å². The molecule has 0 aliphatic carbocycles. The molecule has 6 heteroatoms. The van der Waals surface area contributed by atoms with E-state index in [0.29, 0.717) is 0 Å². The van der Waals surface area contributed by atoms with Gasteiger partial charge in [0.25, 0.3) is 0 Å². The minimum absolute atomic E-state index is 0. The maximum absolute atomic E-state index is 8.06. The van der Waals surface area contributed by atoms with Gasteiger partial charge in [0, 0.05) is 46.1 Å². The van der Waals surface area contributed by atoms with Crippen LogP contribution in [0.15, 0.2) is 0 Å². The van der Waals surface area contributed by atoms with E-state index in [2.05, 4.69) is 13.8 Å². The van der Waals surface area contributed by atoms with Crippen molar-refractivity contribution in [2.45, 2.75) is 99.6 Å². The van der Waals surface area contributed by atoms with Crippen LogP contribution in [0.5, 0.6) is 0 Å². The molecule has 4 N–H and O–H groups in total. The van der Waals surface area contributed by atoms with Crippen LogP contribution in [0.4, 0.5) is 0 Å². The molecule has 0 saturated heterocycles. The Hall–Kier alpha value is 1.15. The molecule has 0 bridgehead atoms. The van der Waals surface area contributed by atoms with Crippen molar-refractivity contribution in [2.24, 2.45) is 0 Å². The van der Waals surface area contributed by atoms with Gasteiger partial charge in [-0.05, 0) is 55.4 Å². The maximum atomic E-state index is 8.06. The summed E-state index contributed by atoms with van der Waals surface area (Å²) >= 11 is 0. The molecule has 134 valence electrons. The molecule has 0 aromatic heterocycles. The van der Waals surface area contributed by atoms with Gasteiger partial charge in [-0.25, -0.2) is 0 Å². The van der Waals surface area contributed by atoms with Crippen LogP contribution in [0.25, 0.3) is 0 Å². The number of rotatable bonds is 1. The summed E-state index contributed by atoms with van der Waals surface area (Å²) in [5.74, 6) is 0. The first-order chi connectivity index (χ1) is 8.84. The minimum atomic E-state index is -0.167. The van der Waals surface area contributed by atoms with E-state index in [9.17, 15) is 0 Å². The quantitative estimate of drug-likeness (QED) is 0.401. The molecule has 0 aliphatic rings. The van der Waals surface area contributed by atoms with Crippen molar-refractivity contribution < 1.29 is 61.0 Å². The summed E-state index contributed by atoms with van der Waals surface area (Å²) in [7, 11) is 0. The molecular formula is C16H41LiO4Ti. The summed E-state index contributed by atoms with van der Waals surface area (Å²) in [4.78, 5) is 0. The van der Waals surface area contributed by atoms with Crippen molar-refractivity contribution in [3.05, 3.63) is 6.92 Å². The standard InChI is InChI=1S/C4H9.4C3H8O.Li.Ti/c1-3-4-2;4*1-3(2)4;;/h1,3-4H2,2H3;4*3-4H,1-2H3;;/q-1;;;;;+1;. The van der Waals surface area contributed by atoms with Gasteiger partial charge < -0.3 is 27.3 Å². The van der Waals surface area contributed by atoms with Crippen molar-refractivity contribution in [1.29, 1.82) is 0 Å². The summed E-state index contributed by atoms with van der Waals surface area (Å²) in [5, 5.41) is 32.2.